The molecule has 22 heavy (non-hydrogen) atoms. The molecule has 0 aliphatic heterocycles. The summed E-state index contributed by atoms with van der Waals surface area (Å²) in [7, 11) is 0. The number of pyridine rings is 1. The Balaban J connectivity index is 2.45. The molecule has 2 aromatic rings. The molecule has 118 valence electrons. The first-order chi connectivity index (χ1) is 10.3. The summed E-state index contributed by atoms with van der Waals surface area (Å²) in [5.74, 6) is 0.208. The quantitative estimate of drug-likeness (QED) is 0.756. The fourth-order valence-electron chi connectivity index (χ4n) is 2.32. The van der Waals surface area contributed by atoms with E-state index in [2.05, 4.69) is 20.9 Å². The van der Waals surface area contributed by atoms with Gasteiger partial charge in [0.05, 0.1) is 16.6 Å². The molecule has 5 heteroatoms. The normalized spacial score (nSPS) is 11.5. The molecular formula is C17H20BrNO3. The van der Waals surface area contributed by atoms with Crippen molar-refractivity contribution in [3.8, 4) is 5.75 Å². The maximum Gasteiger partial charge on any atom is 0.349 e. The number of hydrogen-bond donors (Lipinski definition) is 0. The van der Waals surface area contributed by atoms with E-state index in [0.717, 1.165) is 26.6 Å². The predicted octanol–water partition coefficient (Wildman–Crippen LogP) is 4.33. The number of rotatable bonds is 4. The standard InChI is InChI=1S/C17H20BrNO3/c1-6-21-16(20)17(4,5)22-13-8-7-12-14(15(13)18)10(2)9-11(3)19-12/h7-9H,6H2,1-5H3. The average molecular weight is 366 g/mol. The third kappa shape index (κ3) is 3.24. The van der Waals surface area contributed by atoms with Gasteiger partial charge in [0, 0.05) is 11.1 Å². The number of nitrogens with zero attached hydrogens (tertiary/aromatic N) is 1. The maximum absolute atomic E-state index is 12.0. The van der Waals surface area contributed by atoms with Crippen molar-refractivity contribution in [2.45, 2.75) is 40.2 Å². The van der Waals surface area contributed by atoms with Gasteiger partial charge in [-0.05, 0) is 74.3 Å². The van der Waals surface area contributed by atoms with Crippen LogP contribution in [0.4, 0.5) is 0 Å². The Morgan fingerprint density at radius 1 is 1.32 bits per heavy atom. The minimum Gasteiger partial charge on any atom is -0.475 e. The highest BCUT2D eigenvalue weighted by atomic mass is 79.9. The van der Waals surface area contributed by atoms with Crippen LogP contribution in [0.3, 0.4) is 0 Å². The van der Waals surface area contributed by atoms with Crippen LogP contribution in [0.15, 0.2) is 22.7 Å². The van der Waals surface area contributed by atoms with Gasteiger partial charge in [-0.25, -0.2) is 4.79 Å². The number of hydrogen-bond acceptors (Lipinski definition) is 4. The molecule has 2 rings (SSSR count). The summed E-state index contributed by atoms with van der Waals surface area (Å²) in [5, 5.41) is 0.989. The van der Waals surface area contributed by atoms with Gasteiger partial charge in [-0.3, -0.25) is 4.98 Å². The van der Waals surface area contributed by atoms with Crippen LogP contribution in [-0.4, -0.2) is 23.2 Å². The number of carbonyl (C=O) groups is 1. The predicted molar refractivity (Wildman–Crippen MR) is 90.3 cm³/mol. The number of aromatic nitrogens is 1. The summed E-state index contributed by atoms with van der Waals surface area (Å²) in [4.78, 5) is 16.5. The second-order valence-electron chi connectivity index (χ2n) is 5.69. The van der Waals surface area contributed by atoms with Crippen LogP contribution in [-0.2, 0) is 9.53 Å². The number of aryl methyl sites for hydroxylation is 2. The minimum absolute atomic E-state index is 0.326. The summed E-state index contributed by atoms with van der Waals surface area (Å²) < 4.78 is 11.7. The van der Waals surface area contributed by atoms with Gasteiger partial charge in [-0.1, -0.05) is 0 Å². The van der Waals surface area contributed by atoms with Crippen molar-refractivity contribution in [3.05, 3.63) is 33.9 Å². The number of halogens is 1. The monoisotopic (exact) mass is 365 g/mol. The van der Waals surface area contributed by atoms with Gasteiger partial charge < -0.3 is 9.47 Å². The molecule has 0 spiro atoms. The summed E-state index contributed by atoms with van der Waals surface area (Å²) in [6.07, 6.45) is 0. The van der Waals surface area contributed by atoms with E-state index in [1.807, 2.05) is 32.0 Å². The Labute approximate surface area is 139 Å². The zero-order valence-electron chi connectivity index (χ0n) is 13.5. The van der Waals surface area contributed by atoms with Crippen LogP contribution in [0, 0.1) is 13.8 Å². The van der Waals surface area contributed by atoms with Crippen LogP contribution in [0.25, 0.3) is 10.9 Å². The fraction of sp³-hybridized carbons (Fsp3) is 0.412. The number of ether oxygens (including phenoxy) is 2. The second kappa shape index (κ2) is 6.24. The molecule has 0 atom stereocenters. The van der Waals surface area contributed by atoms with E-state index in [1.54, 1.807) is 20.8 Å². The lowest BCUT2D eigenvalue weighted by atomic mass is 10.1. The largest absolute Gasteiger partial charge is 0.475 e. The smallest absolute Gasteiger partial charge is 0.349 e. The van der Waals surface area contributed by atoms with Gasteiger partial charge >= 0.3 is 5.97 Å². The molecule has 0 bridgehead atoms. The number of benzene rings is 1. The Kier molecular flexibility index (Phi) is 4.75. The Hall–Kier alpha value is -1.62. The molecule has 0 radical (unpaired) electrons. The molecular weight excluding hydrogens is 346 g/mol. The first-order valence-electron chi connectivity index (χ1n) is 7.19. The first-order valence-corrected chi connectivity index (χ1v) is 7.98. The van der Waals surface area contributed by atoms with E-state index in [1.165, 1.54) is 0 Å². The van der Waals surface area contributed by atoms with E-state index in [-0.39, 0.29) is 5.97 Å². The molecule has 1 aromatic carbocycles. The van der Waals surface area contributed by atoms with Crippen molar-refractivity contribution in [1.29, 1.82) is 0 Å². The number of esters is 1. The third-order valence-corrected chi connectivity index (χ3v) is 4.12. The van der Waals surface area contributed by atoms with Crippen LogP contribution in [0.5, 0.6) is 5.75 Å². The lowest BCUT2D eigenvalue weighted by Crippen LogP contribution is -2.39. The van der Waals surface area contributed by atoms with Crippen LogP contribution in [0.2, 0.25) is 0 Å². The molecule has 0 saturated heterocycles. The summed E-state index contributed by atoms with van der Waals surface area (Å²) in [5.41, 5.74) is 1.91. The van der Waals surface area contributed by atoms with E-state index in [0.29, 0.717) is 12.4 Å². The van der Waals surface area contributed by atoms with E-state index >= 15 is 0 Å². The molecule has 0 N–H and O–H groups in total. The van der Waals surface area contributed by atoms with Crippen molar-refractivity contribution >= 4 is 32.8 Å². The molecule has 0 saturated carbocycles. The molecule has 4 nitrogen and oxygen atoms in total. The van der Waals surface area contributed by atoms with Gasteiger partial charge in [0.2, 0.25) is 0 Å². The molecule has 0 aliphatic carbocycles. The van der Waals surface area contributed by atoms with E-state index < -0.39 is 5.60 Å². The lowest BCUT2D eigenvalue weighted by Gasteiger charge is -2.25. The summed E-state index contributed by atoms with van der Waals surface area (Å²) >= 11 is 3.58. The highest BCUT2D eigenvalue weighted by Crippen LogP contribution is 2.36. The van der Waals surface area contributed by atoms with Gasteiger partial charge in [0.1, 0.15) is 5.75 Å². The number of fused-ring (bicyclic) bond motifs is 1. The Morgan fingerprint density at radius 2 is 2.00 bits per heavy atom. The zero-order chi connectivity index (χ0) is 16.5. The van der Waals surface area contributed by atoms with Crippen molar-refractivity contribution in [2.24, 2.45) is 0 Å². The van der Waals surface area contributed by atoms with Crippen LogP contribution >= 0.6 is 15.9 Å². The molecule has 1 heterocycles. The van der Waals surface area contributed by atoms with E-state index in [9.17, 15) is 4.79 Å². The Morgan fingerprint density at radius 3 is 2.64 bits per heavy atom. The lowest BCUT2D eigenvalue weighted by molar-refractivity contribution is -0.158. The number of carbonyl (C=O) groups excluding carboxylic acids is 1. The van der Waals surface area contributed by atoms with Gasteiger partial charge in [0.15, 0.2) is 5.60 Å². The molecule has 0 aliphatic rings. The SMILES string of the molecule is CCOC(=O)C(C)(C)Oc1ccc2nc(C)cc(C)c2c1Br. The highest BCUT2D eigenvalue weighted by Gasteiger charge is 2.32. The zero-order valence-corrected chi connectivity index (χ0v) is 15.1. The molecule has 0 fully saturated rings. The maximum atomic E-state index is 12.0. The van der Waals surface area contributed by atoms with Crippen molar-refractivity contribution < 1.29 is 14.3 Å². The fourth-order valence-corrected chi connectivity index (χ4v) is 3.05. The average Bonchev–Trinajstić information content (AvgIpc) is 2.41. The van der Waals surface area contributed by atoms with Gasteiger partial charge in [-0.2, -0.15) is 0 Å². The summed E-state index contributed by atoms with van der Waals surface area (Å²) in [6, 6.07) is 5.74. The van der Waals surface area contributed by atoms with Crippen molar-refractivity contribution in [3.63, 3.8) is 0 Å². The second-order valence-corrected chi connectivity index (χ2v) is 6.48. The topological polar surface area (TPSA) is 48.4 Å². The van der Waals surface area contributed by atoms with Crippen molar-refractivity contribution in [2.75, 3.05) is 6.61 Å². The minimum atomic E-state index is -1.06. The molecule has 0 amide bonds. The van der Waals surface area contributed by atoms with Crippen molar-refractivity contribution in [1.82, 2.24) is 4.98 Å². The Bertz CT molecular complexity index is 725. The third-order valence-electron chi connectivity index (χ3n) is 3.33. The first kappa shape index (κ1) is 16.7. The van der Waals surface area contributed by atoms with Crippen LogP contribution < -0.4 is 4.74 Å². The highest BCUT2D eigenvalue weighted by molar-refractivity contribution is 9.10. The molecule has 0 unspecified atom stereocenters. The summed E-state index contributed by atoms with van der Waals surface area (Å²) in [6.45, 7) is 9.49. The van der Waals surface area contributed by atoms with Gasteiger partial charge in [-0.15, -0.1) is 0 Å². The van der Waals surface area contributed by atoms with Gasteiger partial charge in [0.25, 0.3) is 0 Å². The van der Waals surface area contributed by atoms with Crippen LogP contribution in [0.1, 0.15) is 32.0 Å². The van der Waals surface area contributed by atoms with E-state index in [4.69, 9.17) is 9.47 Å². The molecule has 1 aromatic heterocycles.